The third-order valence-corrected chi connectivity index (χ3v) is 6.33. The summed E-state index contributed by atoms with van der Waals surface area (Å²) in [6.07, 6.45) is 3.18. The first-order valence-electron chi connectivity index (χ1n) is 10.8. The van der Waals surface area contributed by atoms with Crippen LogP contribution in [0.15, 0.2) is 97.8 Å². The molecule has 2 aromatic heterocycles. The van der Waals surface area contributed by atoms with E-state index in [1.165, 1.54) is 37.1 Å². The molecule has 1 amide bonds. The number of nitrogens with zero attached hydrogens (tertiary/aromatic N) is 3. The summed E-state index contributed by atoms with van der Waals surface area (Å²) in [5.41, 5.74) is 1.07. The van der Waals surface area contributed by atoms with Crippen LogP contribution >= 0.6 is 11.8 Å². The maximum atomic E-state index is 13.3. The molecule has 0 aliphatic carbocycles. The van der Waals surface area contributed by atoms with E-state index < -0.39 is 4.92 Å². The number of aliphatic imine (C=N–C) groups is 1. The smallest absolute Gasteiger partial charge is 0.270 e. The lowest BCUT2D eigenvalue weighted by molar-refractivity contribution is -0.384. The Hall–Kier alpha value is -4.57. The average Bonchev–Trinajstić information content (AvgIpc) is 3.63. The van der Waals surface area contributed by atoms with Gasteiger partial charge in [0.2, 0.25) is 0 Å². The number of benzene rings is 2. The number of nitro groups is 1. The molecular weight excluding hydrogens is 482 g/mol. The van der Waals surface area contributed by atoms with Gasteiger partial charge in [-0.05, 0) is 54.2 Å². The van der Waals surface area contributed by atoms with E-state index in [0.717, 1.165) is 5.69 Å². The Bertz CT molecular complexity index is 1470. The fourth-order valence-electron chi connectivity index (χ4n) is 3.61. The lowest BCUT2D eigenvalue weighted by Gasteiger charge is -2.13. The monoisotopic (exact) mass is 501 g/mol. The van der Waals surface area contributed by atoms with Crippen LogP contribution in [0, 0.1) is 10.1 Å². The van der Waals surface area contributed by atoms with E-state index in [2.05, 4.69) is 4.99 Å². The average molecular weight is 502 g/mol. The van der Waals surface area contributed by atoms with Gasteiger partial charge in [0.25, 0.3) is 11.6 Å². The van der Waals surface area contributed by atoms with Gasteiger partial charge < -0.3 is 13.6 Å². The number of thioether (sulfide) groups is 1. The highest BCUT2D eigenvalue weighted by Gasteiger charge is 2.34. The predicted octanol–water partition coefficient (Wildman–Crippen LogP) is 6.26. The Labute approximate surface area is 209 Å². The molecule has 4 aromatic rings. The Morgan fingerprint density at radius 3 is 2.67 bits per heavy atom. The van der Waals surface area contributed by atoms with Crippen molar-refractivity contribution < 1.29 is 23.3 Å². The normalized spacial score (nSPS) is 15.7. The number of carbonyl (C=O) groups is 1. The molecule has 1 aliphatic heterocycles. The molecule has 0 saturated carbocycles. The number of nitro benzene ring substituents is 1. The van der Waals surface area contributed by atoms with Crippen LogP contribution in [0.5, 0.6) is 5.75 Å². The van der Waals surface area contributed by atoms with Gasteiger partial charge in [0, 0.05) is 18.2 Å². The standard InChI is InChI=1S/C26H19N3O6S/c1-33-22-11-9-18(29(31)32)14-21(22)23-12-10-19(35-23)15-24-25(30)28(16-20-8-5-13-34-20)26(36-24)27-17-6-3-2-4-7-17/h2-15H,16H2,1H3/b24-15-,27-26?. The van der Waals surface area contributed by atoms with Gasteiger partial charge in [0.1, 0.15) is 23.0 Å². The number of amides is 1. The van der Waals surface area contributed by atoms with Crippen molar-refractivity contribution >= 4 is 40.3 Å². The minimum absolute atomic E-state index is 0.0843. The minimum atomic E-state index is -0.482. The second kappa shape index (κ2) is 9.96. The van der Waals surface area contributed by atoms with E-state index in [0.29, 0.717) is 38.7 Å². The van der Waals surface area contributed by atoms with Gasteiger partial charge in [-0.1, -0.05) is 18.2 Å². The first-order valence-corrected chi connectivity index (χ1v) is 11.6. The van der Waals surface area contributed by atoms with Gasteiger partial charge in [-0.15, -0.1) is 0 Å². The van der Waals surface area contributed by atoms with Gasteiger partial charge in [0.15, 0.2) is 5.17 Å². The highest BCUT2D eigenvalue weighted by atomic mass is 32.2. The third kappa shape index (κ3) is 4.80. The first kappa shape index (κ1) is 23.2. The van der Waals surface area contributed by atoms with Crippen molar-refractivity contribution in [3.05, 3.63) is 106 Å². The highest BCUT2D eigenvalue weighted by molar-refractivity contribution is 8.18. The number of carbonyl (C=O) groups excluding carboxylic acids is 1. The number of hydrogen-bond donors (Lipinski definition) is 0. The molecule has 10 heteroatoms. The van der Waals surface area contributed by atoms with E-state index in [1.54, 1.807) is 41.5 Å². The summed E-state index contributed by atoms with van der Waals surface area (Å²) in [6.45, 7) is 0.232. The molecule has 0 radical (unpaired) electrons. The molecular formula is C26H19N3O6S. The van der Waals surface area contributed by atoms with Crippen molar-refractivity contribution in [3.63, 3.8) is 0 Å². The lowest BCUT2D eigenvalue weighted by atomic mass is 10.1. The molecule has 9 nitrogen and oxygen atoms in total. The topological polar surface area (TPSA) is 111 Å². The lowest BCUT2D eigenvalue weighted by Crippen LogP contribution is -2.28. The zero-order chi connectivity index (χ0) is 25.1. The maximum Gasteiger partial charge on any atom is 0.270 e. The molecule has 1 saturated heterocycles. The molecule has 0 unspecified atom stereocenters. The number of ether oxygens (including phenoxy) is 1. The van der Waals surface area contributed by atoms with Crippen LogP contribution in [-0.4, -0.2) is 28.0 Å². The van der Waals surface area contributed by atoms with E-state index in [1.807, 2.05) is 30.3 Å². The van der Waals surface area contributed by atoms with Crippen LogP contribution in [-0.2, 0) is 11.3 Å². The Morgan fingerprint density at radius 2 is 1.94 bits per heavy atom. The number of para-hydroxylation sites is 1. The number of non-ortho nitro benzene ring substituents is 1. The predicted molar refractivity (Wildman–Crippen MR) is 136 cm³/mol. The summed E-state index contributed by atoms with van der Waals surface area (Å²) in [4.78, 5) is 30.7. The van der Waals surface area contributed by atoms with Gasteiger partial charge in [0.05, 0.1) is 41.0 Å². The first-order chi connectivity index (χ1) is 17.5. The van der Waals surface area contributed by atoms with Gasteiger partial charge >= 0.3 is 0 Å². The van der Waals surface area contributed by atoms with Gasteiger partial charge in [-0.2, -0.15) is 0 Å². The van der Waals surface area contributed by atoms with E-state index in [4.69, 9.17) is 13.6 Å². The summed E-state index contributed by atoms with van der Waals surface area (Å²) < 4.78 is 16.7. The summed E-state index contributed by atoms with van der Waals surface area (Å²) in [6, 6.07) is 20.6. The molecule has 0 atom stereocenters. The van der Waals surface area contributed by atoms with Gasteiger partial charge in [-0.25, -0.2) is 4.99 Å². The van der Waals surface area contributed by atoms with Crippen molar-refractivity contribution in [3.8, 4) is 17.1 Å². The van der Waals surface area contributed by atoms with Crippen molar-refractivity contribution in [2.45, 2.75) is 6.54 Å². The van der Waals surface area contributed by atoms with Crippen molar-refractivity contribution in [1.82, 2.24) is 4.90 Å². The molecule has 0 spiro atoms. The van der Waals surface area contributed by atoms with Crippen LogP contribution in [0.25, 0.3) is 17.4 Å². The summed E-state index contributed by atoms with van der Waals surface area (Å²) >= 11 is 1.23. The number of rotatable bonds is 7. The van der Waals surface area contributed by atoms with Crippen LogP contribution in [0.2, 0.25) is 0 Å². The molecule has 36 heavy (non-hydrogen) atoms. The molecule has 2 aromatic carbocycles. The summed E-state index contributed by atoms with van der Waals surface area (Å²) in [5, 5.41) is 11.7. The second-order valence-electron chi connectivity index (χ2n) is 7.65. The Morgan fingerprint density at radius 1 is 1.11 bits per heavy atom. The fourth-order valence-corrected chi connectivity index (χ4v) is 4.59. The third-order valence-electron chi connectivity index (χ3n) is 5.32. The molecule has 180 valence electrons. The van der Waals surface area contributed by atoms with Gasteiger partial charge in [-0.3, -0.25) is 19.8 Å². The molecule has 0 N–H and O–H groups in total. The number of methoxy groups -OCH3 is 1. The van der Waals surface area contributed by atoms with E-state index in [9.17, 15) is 14.9 Å². The Kier molecular flexibility index (Phi) is 6.42. The number of hydrogen-bond acceptors (Lipinski definition) is 8. The Balaban J connectivity index is 1.47. The molecule has 1 aliphatic rings. The zero-order valence-corrected chi connectivity index (χ0v) is 19.8. The fraction of sp³-hybridized carbons (Fsp3) is 0.0769. The zero-order valence-electron chi connectivity index (χ0n) is 19.0. The summed E-state index contributed by atoms with van der Waals surface area (Å²) in [5.74, 6) is 1.61. The highest BCUT2D eigenvalue weighted by Crippen LogP contribution is 2.38. The largest absolute Gasteiger partial charge is 0.496 e. The quantitative estimate of drug-likeness (QED) is 0.167. The van der Waals surface area contributed by atoms with Crippen LogP contribution in [0.4, 0.5) is 11.4 Å². The molecule has 5 rings (SSSR count). The number of amidine groups is 1. The molecule has 3 heterocycles. The molecule has 1 fully saturated rings. The summed E-state index contributed by atoms with van der Waals surface area (Å²) in [7, 11) is 1.48. The van der Waals surface area contributed by atoms with E-state index >= 15 is 0 Å². The molecule has 0 bridgehead atoms. The number of furan rings is 2. The maximum absolute atomic E-state index is 13.3. The van der Waals surface area contributed by atoms with Crippen molar-refractivity contribution in [2.24, 2.45) is 4.99 Å². The SMILES string of the molecule is COc1ccc([N+](=O)[O-])cc1-c1ccc(/C=C2\SC(=Nc3ccccc3)N(Cc3ccco3)C2=O)o1. The van der Waals surface area contributed by atoms with Crippen molar-refractivity contribution in [2.75, 3.05) is 7.11 Å². The van der Waals surface area contributed by atoms with Crippen LogP contribution in [0.1, 0.15) is 11.5 Å². The van der Waals surface area contributed by atoms with E-state index in [-0.39, 0.29) is 18.1 Å². The minimum Gasteiger partial charge on any atom is -0.496 e. The second-order valence-corrected chi connectivity index (χ2v) is 8.66. The van der Waals surface area contributed by atoms with Crippen molar-refractivity contribution in [1.29, 1.82) is 0 Å². The van der Waals surface area contributed by atoms with Crippen LogP contribution in [0.3, 0.4) is 0 Å². The van der Waals surface area contributed by atoms with Crippen LogP contribution < -0.4 is 4.74 Å².